The Balaban J connectivity index is 1.70. The summed E-state index contributed by atoms with van der Waals surface area (Å²) < 4.78 is 4.34. The van der Waals surface area contributed by atoms with E-state index in [9.17, 15) is 4.79 Å². The van der Waals surface area contributed by atoms with Gasteiger partial charge in [-0.2, -0.15) is 4.37 Å². The Kier molecular flexibility index (Phi) is 4.67. The van der Waals surface area contributed by atoms with Crippen molar-refractivity contribution >= 4 is 23.3 Å². The van der Waals surface area contributed by atoms with E-state index < -0.39 is 0 Å². The second-order valence-electron chi connectivity index (χ2n) is 5.24. The van der Waals surface area contributed by atoms with Gasteiger partial charge in [-0.25, -0.2) is 0 Å². The minimum atomic E-state index is -0.154. The standard InChI is InChI=1S/C18H16N4OS/c19-17(20)14-8-6-12(7-9-14)10-21-18(23)15-11-24-22-16(15)13-4-2-1-3-5-13/h1-9,11H,10H2,(H3,19,20)(H,21,23). The van der Waals surface area contributed by atoms with Crippen molar-refractivity contribution < 1.29 is 4.79 Å². The van der Waals surface area contributed by atoms with Gasteiger partial charge in [0, 0.05) is 23.1 Å². The molecule has 3 rings (SSSR count). The summed E-state index contributed by atoms with van der Waals surface area (Å²) in [5.74, 6) is -0.124. The molecule has 1 heterocycles. The molecule has 0 bridgehead atoms. The third-order valence-corrected chi connectivity index (χ3v) is 4.21. The molecule has 0 spiro atoms. The molecule has 0 aliphatic carbocycles. The second kappa shape index (κ2) is 7.06. The molecule has 0 fully saturated rings. The van der Waals surface area contributed by atoms with Gasteiger partial charge >= 0.3 is 0 Å². The van der Waals surface area contributed by atoms with E-state index in [4.69, 9.17) is 11.1 Å². The van der Waals surface area contributed by atoms with E-state index in [0.29, 0.717) is 23.4 Å². The fourth-order valence-corrected chi connectivity index (χ4v) is 2.97. The minimum Gasteiger partial charge on any atom is -0.384 e. The molecule has 4 N–H and O–H groups in total. The molecule has 2 aromatic carbocycles. The smallest absolute Gasteiger partial charge is 0.254 e. The predicted molar refractivity (Wildman–Crippen MR) is 96.2 cm³/mol. The molecule has 6 heteroatoms. The molecule has 0 saturated carbocycles. The third-order valence-electron chi connectivity index (χ3n) is 3.58. The molecule has 0 aliphatic heterocycles. The van der Waals surface area contributed by atoms with Gasteiger partial charge in [-0.15, -0.1) is 0 Å². The van der Waals surface area contributed by atoms with Crippen molar-refractivity contribution in [2.45, 2.75) is 6.54 Å². The van der Waals surface area contributed by atoms with E-state index in [1.165, 1.54) is 11.5 Å². The maximum Gasteiger partial charge on any atom is 0.254 e. The summed E-state index contributed by atoms with van der Waals surface area (Å²) in [6.45, 7) is 0.404. The number of benzene rings is 2. The molecule has 5 nitrogen and oxygen atoms in total. The monoisotopic (exact) mass is 336 g/mol. The highest BCUT2D eigenvalue weighted by Gasteiger charge is 2.15. The summed E-state index contributed by atoms with van der Waals surface area (Å²) in [7, 11) is 0. The first-order valence-corrected chi connectivity index (χ1v) is 8.20. The van der Waals surface area contributed by atoms with Crippen LogP contribution in [0.3, 0.4) is 0 Å². The van der Waals surface area contributed by atoms with Crippen LogP contribution in [0.1, 0.15) is 21.5 Å². The van der Waals surface area contributed by atoms with Gasteiger partial charge in [-0.1, -0.05) is 54.6 Å². The minimum absolute atomic E-state index is 0.0300. The number of amidine groups is 1. The average molecular weight is 336 g/mol. The van der Waals surface area contributed by atoms with E-state index >= 15 is 0 Å². The summed E-state index contributed by atoms with van der Waals surface area (Å²) in [6.07, 6.45) is 0. The number of nitrogens with two attached hydrogens (primary N) is 1. The normalized spacial score (nSPS) is 10.3. The van der Waals surface area contributed by atoms with E-state index in [1.807, 2.05) is 42.5 Å². The van der Waals surface area contributed by atoms with Crippen molar-refractivity contribution in [2.75, 3.05) is 0 Å². The maximum atomic E-state index is 12.4. The largest absolute Gasteiger partial charge is 0.384 e. The highest BCUT2D eigenvalue weighted by molar-refractivity contribution is 7.04. The number of nitrogens with zero attached hydrogens (tertiary/aromatic N) is 1. The van der Waals surface area contributed by atoms with Crippen molar-refractivity contribution in [2.24, 2.45) is 5.73 Å². The van der Waals surface area contributed by atoms with Crippen LogP contribution in [0.4, 0.5) is 0 Å². The molecule has 0 atom stereocenters. The van der Waals surface area contributed by atoms with Crippen molar-refractivity contribution in [1.29, 1.82) is 5.41 Å². The fourth-order valence-electron chi connectivity index (χ4n) is 2.28. The number of carbonyl (C=O) groups excluding carboxylic acids is 1. The van der Waals surface area contributed by atoms with Crippen molar-refractivity contribution in [3.05, 3.63) is 76.7 Å². The van der Waals surface area contributed by atoms with Gasteiger partial charge in [0.2, 0.25) is 0 Å². The number of nitrogens with one attached hydrogen (secondary N) is 2. The maximum absolute atomic E-state index is 12.4. The van der Waals surface area contributed by atoms with Crippen LogP contribution < -0.4 is 11.1 Å². The summed E-state index contributed by atoms with van der Waals surface area (Å²) in [6, 6.07) is 16.9. The molecule has 0 unspecified atom stereocenters. The average Bonchev–Trinajstić information content (AvgIpc) is 3.10. The number of rotatable bonds is 5. The van der Waals surface area contributed by atoms with Crippen LogP contribution in [-0.4, -0.2) is 16.1 Å². The van der Waals surface area contributed by atoms with Crippen LogP contribution in [0, 0.1) is 5.41 Å². The molecule has 3 aromatic rings. The number of hydrogen-bond donors (Lipinski definition) is 3. The molecule has 24 heavy (non-hydrogen) atoms. The molecule has 1 aromatic heterocycles. The van der Waals surface area contributed by atoms with Gasteiger partial charge in [0.15, 0.2) is 0 Å². The Morgan fingerprint density at radius 1 is 1.12 bits per heavy atom. The highest BCUT2D eigenvalue weighted by atomic mass is 32.1. The molecular weight excluding hydrogens is 320 g/mol. The lowest BCUT2D eigenvalue weighted by molar-refractivity contribution is 0.0952. The Labute approximate surface area is 143 Å². The summed E-state index contributed by atoms with van der Waals surface area (Å²) in [5, 5.41) is 12.0. The van der Waals surface area contributed by atoms with E-state index in [1.54, 1.807) is 17.5 Å². The quantitative estimate of drug-likeness (QED) is 0.494. The predicted octanol–water partition coefficient (Wildman–Crippen LogP) is 3.02. The van der Waals surface area contributed by atoms with Gasteiger partial charge in [-0.3, -0.25) is 10.2 Å². The number of carbonyl (C=O) groups is 1. The first-order chi connectivity index (χ1) is 11.6. The lowest BCUT2D eigenvalue weighted by Crippen LogP contribution is -2.23. The highest BCUT2D eigenvalue weighted by Crippen LogP contribution is 2.23. The topological polar surface area (TPSA) is 91.9 Å². The van der Waals surface area contributed by atoms with Crippen molar-refractivity contribution in [3.8, 4) is 11.3 Å². The Morgan fingerprint density at radius 2 is 1.83 bits per heavy atom. The molecule has 1 amide bonds. The van der Waals surface area contributed by atoms with Crippen molar-refractivity contribution in [3.63, 3.8) is 0 Å². The fraction of sp³-hybridized carbons (Fsp3) is 0.0556. The van der Waals surface area contributed by atoms with Crippen LogP contribution in [0.15, 0.2) is 60.0 Å². The van der Waals surface area contributed by atoms with Crippen LogP contribution in [0.5, 0.6) is 0 Å². The summed E-state index contributed by atoms with van der Waals surface area (Å²) in [4.78, 5) is 12.4. The zero-order valence-corrected chi connectivity index (χ0v) is 13.6. The molecule has 0 aliphatic rings. The third kappa shape index (κ3) is 3.49. The Morgan fingerprint density at radius 3 is 2.50 bits per heavy atom. The van der Waals surface area contributed by atoms with Gasteiger partial charge in [0.25, 0.3) is 5.91 Å². The summed E-state index contributed by atoms with van der Waals surface area (Å²) in [5.41, 5.74) is 9.24. The molecule has 0 radical (unpaired) electrons. The van der Waals surface area contributed by atoms with Gasteiger partial charge in [0.05, 0.1) is 11.3 Å². The number of amides is 1. The second-order valence-corrected chi connectivity index (χ2v) is 5.87. The van der Waals surface area contributed by atoms with E-state index in [2.05, 4.69) is 9.69 Å². The Bertz CT molecular complexity index is 856. The van der Waals surface area contributed by atoms with Gasteiger partial charge in [-0.05, 0) is 17.1 Å². The first-order valence-electron chi connectivity index (χ1n) is 7.36. The Hall–Kier alpha value is -2.99. The number of hydrogen-bond acceptors (Lipinski definition) is 4. The SMILES string of the molecule is N=C(N)c1ccc(CNC(=O)c2csnc2-c2ccccc2)cc1. The number of nitrogen functional groups attached to an aromatic ring is 1. The van der Waals surface area contributed by atoms with E-state index in [-0.39, 0.29) is 11.7 Å². The molecule has 0 saturated heterocycles. The number of aromatic nitrogens is 1. The van der Waals surface area contributed by atoms with Gasteiger partial charge in [0.1, 0.15) is 5.84 Å². The van der Waals surface area contributed by atoms with Crippen LogP contribution in [0.2, 0.25) is 0 Å². The van der Waals surface area contributed by atoms with Crippen LogP contribution in [-0.2, 0) is 6.54 Å². The van der Waals surface area contributed by atoms with Crippen molar-refractivity contribution in [1.82, 2.24) is 9.69 Å². The lowest BCUT2D eigenvalue weighted by Gasteiger charge is -2.07. The summed E-state index contributed by atoms with van der Waals surface area (Å²) >= 11 is 1.27. The van der Waals surface area contributed by atoms with E-state index in [0.717, 1.165) is 11.1 Å². The molecular formula is C18H16N4OS. The molecule has 120 valence electrons. The van der Waals surface area contributed by atoms with Gasteiger partial charge < -0.3 is 11.1 Å². The van der Waals surface area contributed by atoms with Crippen LogP contribution in [0.25, 0.3) is 11.3 Å². The van der Waals surface area contributed by atoms with Crippen LogP contribution >= 0.6 is 11.5 Å². The zero-order valence-electron chi connectivity index (χ0n) is 12.8. The lowest BCUT2D eigenvalue weighted by atomic mass is 10.1. The first kappa shape index (κ1) is 15.9. The zero-order chi connectivity index (χ0) is 16.9.